The molecule has 1 N–H and O–H groups in total. The van der Waals surface area contributed by atoms with Crippen molar-refractivity contribution in [3.05, 3.63) is 46.2 Å². The summed E-state index contributed by atoms with van der Waals surface area (Å²) in [5.74, 6) is -0.182. The number of rotatable bonds is 6. The van der Waals surface area contributed by atoms with E-state index in [1.807, 2.05) is 0 Å². The predicted molar refractivity (Wildman–Crippen MR) is 74.7 cm³/mol. The highest BCUT2D eigenvalue weighted by atomic mass is 79.9. The zero-order valence-electron chi connectivity index (χ0n) is 10.3. The third-order valence-corrected chi connectivity index (χ3v) is 3.15. The molecule has 1 rings (SSSR count). The van der Waals surface area contributed by atoms with Gasteiger partial charge >= 0.3 is 0 Å². The average molecular weight is 300 g/mol. The second-order valence-corrected chi connectivity index (χ2v) is 5.16. The van der Waals surface area contributed by atoms with Crippen LogP contribution in [0.2, 0.25) is 0 Å². The standard InChI is InChI=1S/C14H19BrFN/c1-11(2)17-9-5-3-4-6-12-10-13(16)7-8-14(12)15/h3-4,7-8,10-11,17H,5-6,9H2,1-2H3. The summed E-state index contributed by atoms with van der Waals surface area (Å²) < 4.78 is 14.0. The van der Waals surface area contributed by atoms with E-state index in [1.165, 1.54) is 6.07 Å². The molecule has 94 valence electrons. The van der Waals surface area contributed by atoms with E-state index in [-0.39, 0.29) is 5.82 Å². The number of halogens is 2. The zero-order valence-corrected chi connectivity index (χ0v) is 11.9. The first-order valence-electron chi connectivity index (χ1n) is 5.92. The summed E-state index contributed by atoms with van der Waals surface area (Å²) in [5.41, 5.74) is 0.984. The molecule has 0 amide bonds. The molecule has 0 aliphatic rings. The van der Waals surface area contributed by atoms with E-state index >= 15 is 0 Å². The molecule has 0 aliphatic carbocycles. The third-order valence-electron chi connectivity index (χ3n) is 2.38. The number of hydrogen-bond donors (Lipinski definition) is 1. The van der Waals surface area contributed by atoms with Gasteiger partial charge in [0.15, 0.2) is 0 Å². The molecular weight excluding hydrogens is 281 g/mol. The fourth-order valence-corrected chi connectivity index (χ4v) is 1.89. The van der Waals surface area contributed by atoms with Crippen LogP contribution in [0.3, 0.4) is 0 Å². The Hall–Kier alpha value is -0.670. The lowest BCUT2D eigenvalue weighted by molar-refractivity contribution is 0.594. The molecule has 0 unspecified atom stereocenters. The zero-order chi connectivity index (χ0) is 12.7. The van der Waals surface area contributed by atoms with Gasteiger partial charge in [0.1, 0.15) is 5.82 Å². The Morgan fingerprint density at radius 2 is 2.12 bits per heavy atom. The van der Waals surface area contributed by atoms with Gasteiger partial charge in [-0.15, -0.1) is 0 Å². The molecule has 0 atom stereocenters. The Balaban J connectivity index is 2.34. The predicted octanol–water partition coefficient (Wildman–Crippen LogP) is 4.08. The van der Waals surface area contributed by atoms with Gasteiger partial charge in [0.2, 0.25) is 0 Å². The SMILES string of the molecule is CC(C)NCCC=CCc1cc(F)ccc1Br. The van der Waals surface area contributed by atoms with Gasteiger partial charge in [-0.25, -0.2) is 4.39 Å². The van der Waals surface area contributed by atoms with E-state index in [9.17, 15) is 4.39 Å². The van der Waals surface area contributed by atoms with Gasteiger partial charge < -0.3 is 5.32 Å². The number of benzene rings is 1. The van der Waals surface area contributed by atoms with Crippen molar-refractivity contribution >= 4 is 15.9 Å². The van der Waals surface area contributed by atoms with Crippen molar-refractivity contribution in [1.29, 1.82) is 0 Å². The third kappa shape index (κ3) is 5.99. The van der Waals surface area contributed by atoms with Crippen LogP contribution in [0.15, 0.2) is 34.8 Å². The minimum Gasteiger partial charge on any atom is -0.314 e. The van der Waals surface area contributed by atoms with E-state index in [2.05, 4.69) is 47.2 Å². The van der Waals surface area contributed by atoms with Crippen LogP contribution >= 0.6 is 15.9 Å². The molecule has 0 radical (unpaired) electrons. The van der Waals surface area contributed by atoms with Gasteiger partial charge in [0, 0.05) is 10.5 Å². The fraction of sp³-hybridized carbons (Fsp3) is 0.429. The van der Waals surface area contributed by atoms with Crippen molar-refractivity contribution < 1.29 is 4.39 Å². The molecule has 0 bridgehead atoms. The first kappa shape index (κ1) is 14.4. The number of hydrogen-bond acceptors (Lipinski definition) is 1. The maximum absolute atomic E-state index is 13.0. The fourth-order valence-electron chi connectivity index (χ4n) is 1.48. The molecule has 0 heterocycles. The largest absolute Gasteiger partial charge is 0.314 e. The molecule has 0 saturated carbocycles. The Morgan fingerprint density at radius 3 is 2.82 bits per heavy atom. The van der Waals surface area contributed by atoms with Crippen LogP contribution < -0.4 is 5.32 Å². The molecular formula is C14H19BrFN. The van der Waals surface area contributed by atoms with Crippen molar-refractivity contribution in [2.24, 2.45) is 0 Å². The normalized spacial score (nSPS) is 11.6. The minimum atomic E-state index is -0.182. The van der Waals surface area contributed by atoms with E-state index in [4.69, 9.17) is 0 Å². The van der Waals surface area contributed by atoms with Gasteiger partial charge in [0.05, 0.1) is 0 Å². The van der Waals surface area contributed by atoms with Gasteiger partial charge in [-0.05, 0) is 43.1 Å². The molecule has 1 aromatic carbocycles. The molecule has 17 heavy (non-hydrogen) atoms. The Labute approximate surface area is 111 Å². The summed E-state index contributed by atoms with van der Waals surface area (Å²) in [6.45, 7) is 5.25. The lowest BCUT2D eigenvalue weighted by Crippen LogP contribution is -2.23. The van der Waals surface area contributed by atoms with Crippen LogP contribution in [-0.2, 0) is 6.42 Å². The Morgan fingerprint density at radius 1 is 1.35 bits per heavy atom. The maximum Gasteiger partial charge on any atom is 0.123 e. The van der Waals surface area contributed by atoms with Crippen molar-refractivity contribution in [2.75, 3.05) is 6.54 Å². The summed E-state index contributed by atoms with van der Waals surface area (Å²) >= 11 is 3.42. The number of nitrogens with one attached hydrogen (secondary N) is 1. The topological polar surface area (TPSA) is 12.0 Å². The second kappa shape index (κ2) is 7.62. The average Bonchev–Trinajstić information content (AvgIpc) is 2.27. The lowest BCUT2D eigenvalue weighted by atomic mass is 10.1. The maximum atomic E-state index is 13.0. The van der Waals surface area contributed by atoms with Crippen molar-refractivity contribution in [3.8, 4) is 0 Å². The molecule has 0 saturated heterocycles. The summed E-state index contributed by atoms with van der Waals surface area (Å²) in [7, 11) is 0. The monoisotopic (exact) mass is 299 g/mol. The summed E-state index contributed by atoms with van der Waals surface area (Å²) in [6, 6.07) is 5.31. The quantitative estimate of drug-likeness (QED) is 0.617. The first-order chi connectivity index (χ1) is 8.09. The second-order valence-electron chi connectivity index (χ2n) is 4.31. The molecule has 3 heteroatoms. The van der Waals surface area contributed by atoms with E-state index in [0.717, 1.165) is 29.4 Å². The lowest BCUT2D eigenvalue weighted by Gasteiger charge is -2.05. The molecule has 1 nitrogen and oxygen atoms in total. The van der Waals surface area contributed by atoms with Gasteiger partial charge in [-0.3, -0.25) is 0 Å². The summed E-state index contributed by atoms with van der Waals surface area (Å²) in [4.78, 5) is 0. The Bertz CT molecular complexity index is 374. The first-order valence-corrected chi connectivity index (χ1v) is 6.71. The van der Waals surface area contributed by atoms with Crippen LogP contribution in [0.1, 0.15) is 25.8 Å². The van der Waals surface area contributed by atoms with Crippen LogP contribution in [0.5, 0.6) is 0 Å². The highest BCUT2D eigenvalue weighted by molar-refractivity contribution is 9.10. The minimum absolute atomic E-state index is 0.182. The Kier molecular flexibility index (Phi) is 6.45. The van der Waals surface area contributed by atoms with Gasteiger partial charge in [0.25, 0.3) is 0 Å². The van der Waals surface area contributed by atoms with Crippen molar-refractivity contribution in [3.63, 3.8) is 0 Å². The van der Waals surface area contributed by atoms with Crippen LogP contribution in [0, 0.1) is 5.82 Å². The highest BCUT2D eigenvalue weighted by Gasteiger charge is 1.99. The van der Waals surface area contributed by atoms with Gasteiger partial charge in [-0.2, -0.15) is 0 Å². The van der Waals surface area contributed by atoms with Gasteiger partial charge in [-0.1, -0.05) is 41.9 Å². The van der Waals surface area contributed by atoms with Crippen LogP contribution in [0.4, 0.5) is 4.39 Å². The smallest absolute Gasteiger partial charge is 0.123 e. The molecule has 0 aromatic heterocycles. The molecule has 0 spiro atoms. The molecule has 1 aromatic rings. The van der Waals surface area contributed by atoms with E-state index in [0.29, 0.717) is 6.04 Å². The van der Waals surface area contributed by atoms with E-state index in [1.54, 1.807) is 12.1 Å². The highest BCUT2D eigenvalue weighted by Crippen LogP contribution is 2.18. The summed E-state index contributed by atoms with van der Waals surface area (Å²) in [5, 5.41) is 3.34. The van der Waals surface area contributed by atoms with Crippen molar-refractivity contribution in [2.45, 2.75) is 32.7 Å². The van der Waals surface area contributed by atoms with Crippen molar-refractivity contribution in [1.82, 2.24) is 5.32 Å². The number of allylic oxidation sites excluding steroid dienone is 1. The van der Waals surface area contributed by atoms with E-state index < -0.39 is 0 Å². The molecule has 0 fully saturated rings. The summed E-state index contributed by atoms with van der Waals surface area (Å²) in [6.07, 6.45) is 5.99. The molecule has 0 aliphatic heterocycles. The van der Waals surface area contributed by atoms with Crippen LogP contribution in [-0.4, -0.2) is 12.6 Å². The van der Waals surface area contributed by atoms with Crippen LogP contribution in [0.25, 0.3) is 0 Å².